The molecule has 1 aromatic heterocycles. The summed E-state index contributed by atoms with van der Waals surface area (Å²) >= 11 is 6.01. The third-order valence-electron chi connectivity index (χ3n) is 2.39. The highest BCUT2D eigenvalue weighted by atomic mass is 35.5. The Morgan fingerprint density at radius 1 is 1.53 bits per heavy atom. The van der Waals surface area contributed by atoms with E-state index in [1.807, 2.05) is 0 Å². The second-order valence-corrected chi connectivity index (χ2v) is 4.10. The largest absolute Gasteiger partial charge is 0.490 e. The molecule has 0 fully saturated rings. The zero-order valence-electron chi connectivity index (χ0n) is 10.1. The van der Waals surface area contributed by atoms with Crippen molar-refractivity contribution in [1.82, 2.24) is 4.98 Å². The number of ether oxygens (including phenoxy) is 1. The summed E-state index contributed by atoms with van der Waals surface area (Å²) in [5.74, 6) is 0.551. The highest BCUT2D eigenvalue weighted by Crippen LogP contribution is 2.29. The van der Waals surface area contributed by atoms with Crippen molar-refractivity contribution in [1.29, 1.82) is 0 Å². The molecule has 0 spiro atoms. The van der Waals surface area contributed by atoms with Gasteiger partial charge < -0.3 is 9.84 Å². The first-order valence-electron chi connectivity index (χ1n) is 5.78. The second-order valence-electron chi connectivity index (χ2n) is 3.74. The molecule has 0 saturated heterocycles. The molecular weight excluding hydrogens is 238 g/mol. The predicted molar refractivity (Wildman–Crippen MR) is 70.3 cm³/mol. The summed E-state index contributed by atoms with van der Waals surface area (Å²) in [6.07, 6.45) is 4.92. The number of hydrogen-bond donors (Lipinski definition) is 1. The van der Waals surface area contributed by atoms with Gasteiger partial charge in [0.15, 0.2) is 10.9 Å². The van der Waals surface area contributed by atoms with Gasteiger partial charge in [-0.3, -0.25) is 0 Å². The molecule has 0 atom stereocenters. The van der Waals surface area contributed by atoms with Gasteiger partial charge in [-0.1, -0.05) is 44.0 Å². The Hall–Kier alpha value is -1.06. The molecule has 0 saturated carbocycles. The number of hydrogen-bond acceptors (Lipinski definition) is 3. The van der Waals surface area contributed by atoms with E-state index in [9.17, 15) is 0 Å². The van der Waals surface area contributed by atoms with E-state index in [1.165, 1.54) is 0 Å². The van der Waals surface area contributed by atoms with Gasteiger partial charge >= 0.3 is 0 Å². The minimum absolute atomic E-state index is 0.142. The SMILES string of the molecule is C=Cc1cc(CO)nc(Cl)c1OCCCCC. The van der Waals surface area contributed by atoms with Crippen LogP contribution >= 0.6 is 11.6 Å². The molecule has 1 aromatic rings. The van der Waals surface area contributed by atoms with Crippen molar-refractivity contribution in [2.45, 2.75) is 32.8 Å². The Morgan fingerprint density at radius 2 is 2.29 bits per heavy atom. The second kappa shape index (κ2) is 7.30. The molecule has 4 heteroatoms. The molecule has 0 aliphatic heterocycles. The van der Waals surface area contributed by atoms with Gasteiger partial charge in [-0.25, -0.2) is 4.98 Å². The van der Waals surface area contributed by atoms with Gasteiger partial charge in [-0.05, 0) is 12.5 Å². The minimum Gasteiger partial charge on any atom is -0.490 e. The monoisotopic (exact) mass is 255 g/mol. The van der Waals surface area contributed by atoms with E-state index in [-0.39, 0.29) is 11.8 Å². The summed E-state index contributed by atoms with van der Waals surface area (Å²) in [6.45, 7) is 6.32. The molecule has 17 heavy (non-hydrogen) atoms. The van der Waals surface area contributed by atoms with Gasteiger partial charge in [0.25, 0.3) is 0 Å². The molecule has 0 aliphatic carbocycles. The highest BCUT2D eigenvalue weighted by Gasteiger charge is 2.10. The fourth-order valence-corrected chi connectivity index (χ4v) is 1.75. The topological polar surface area (TPSA) is 42.4 Å². The standard InChI is InChI=1S/C13H18ClNO2/c1-3-5-6-7-17-12-10(4-2)8-11(9-16)15-13(12)14/h4,8,16H,2-3,5-7,9H2,1H3. The number of aromatic nitrogens is 1. The summed E-state index contributed by atoms with van der Waals surface area (Å²) in [5.41, 5.74) is 1.29. The van der Waals surface area contributed by atoms with E-state index in [2.05, 4.69) is 18.5 Å². The molecule has 3 nitrogen and oxygen atoms in total. The van der Waals surface area contributed by atoms with Crippen LogP contribution in [0.3, 0.4) is 0 Å². The fourth-order valence-electron chi connectivity index (χ4n) is 1.48. The van der Waals surface area contributed by atoms with Crippen LogP contribution in [-0.2, 0) is 6.61 Å². The van der Waals surface area contributed by atoms with Gasteiger partial charge in [0, 0.05) is 5.56 Å². The summed E-state index contributed by atoms with van der Waals surface area (Å²) < 4.78 is 5.61. The van der Waals surface area contributed by atoms with E-state index >= 15 is 0 Å². The van der Waals surface area contributed by atoms with Crippen LogP contribution < -0.4 is 4.74 Å². The maximum absolute atomic E-state index is 9.02. The van der Waals surface area contributed by atoms with Crippen LogP contribution in [0.25, 0.3) is 6.08 Å². The van der Waals surface area contributed by atoms with E-state index in [0.29, 0.717) is 18.1 Å². The average molecular weight is 256 g/mol. The third kappa shape index (κ3) is 4.02. The molecule has 0 amide bonds. The number of unbranched alkanes of at least 4 members (excludes halogenated alkanes) is 2. The van der Waals surface area contributed by atoms with Crippen molar-refractivity contribution in [2.75, 3.05) is 6.61 Å². The van der Waals surface area contributed by atoms with Crippen molar-refractivity contribution in [3.63, 3.8) is 0 Å². The molecular formula is C13H18ClNO2. The Kier molecular flexibility index (Phi) is 6.01. The number of nitrogens with zero attached hydrogens (tertiary/aromatic N) is 1. The number of rotatable bonds is 7. The van der Waals surface area contributed by atoms with E-state index in [4.69, 9.17) is 21.4 Å². The smallest absolute Gasteiger partial charge is 0.172 e. The molecule has 0 bridgehead atoms. The summed E-state index contributed by atoms with van der Waals surface area (Å²) in [5, 5.41) is 9.30. The molecule has 0 unspecified atom stereocenters. The van der Waals surface area contributed by atoms with Crippen molar-refractivity contribution in [3.05, 3.63) is 29.1 Å². The summed E-state index contributed by atoms with van der Waals surface area (Å²) in [4.78, 5) is 4.04. The van der Waals surface area contributed by atoms with Gasteiger partial charge in [0.1, 0.15) is 0 Å². The van der Waals surface area contributed by atoms with E-state index < -0.39 is 0 Å². The summed E-state index contributed by atoms with van der Waals surface area (Å²) in [6, 6.07) is 1.73. The zero-order valence-corrected chi connectivity index (χ0v) is 10.8. The number of halogens is 1. The quantitative estimate of drug-likeness (QED) is 0.600. The van der Waals surface area contributed by atoms with Gasteiger partial charge in [-0.2, -0.15) is 0 Å². The molecule has 0 aliphatic rings. The van der Waals surface area contributed by atoms with Crippen LogP contribution in [-0.4, -0.2) is 16.7 Å². The molecule has 1 rings (SSSR count). The maximum atomic E-state index is 9.02. The minimum atomic E-state index is -0.142. The van der Waals surface area contributed by atoms with Crippen LogP contribution in [0.4, 0.5) is 0 Å². The lowest BCUT2D eigenvalue weighted by molar-refractivity contribution is 0.275. The first kappa shape index (κ1) is 14.0. The molecule has 1 N–H and O–H groups in total. The van der Waals surface area contributed by atoms with E-state index in [1.54, 1.807) is 12.1 Å². The number of aliphatic hydroxyl groups is 1. The van der Waals surface area contributed by atoms with Crippen LogP contribution in [0.1, 0.15) is 37.4 Å². The highest BCUT2D eigenvalue weighted by molar-refractivity contribution is 6.31. The fraction of sp³-hybridized carbons (Fsp3) is 0.462. The van der Waals surface area contributed by atoms with E-state index in [0.717, 1.165) is 24.8 Å². The molecule has 0 aromatic carbocycles. The van der Waals surface area contributed by atoms with Gasteiger partial charge in [-0.15, -0.1) is 0 Å². The Bertz CT molecular complexity index is 380. The number of aliphatic hydroxyl groups excluding tert-OH is 1. The number of pyridine rings is 1. The molecule has 1 heterocycles. The van der Waals surface area contributed by atoms with Gasteiger partial charge in [0.05, 0.1) is 18.9 Å². The molecule has 94 valence electrons. The van der Waals surface area contributed by atoms with Crippen LogP contribution in [0, 0.1) is 0 Å². The predicted octanol–water partition coefficient (Wildman–Crippen LogP) is 3.44. The first-order valence-corrected chi connectivity index (χ1v) is 6.16. The van der Waals surface area contributed by atoms with Crippen LogP contribution in [0.5, 0.6) is 5.75 Å². The Balaban J connectivity index is 2.79. The normalized spacial score (nSPS) is 10.3. The Labute approximate surface area is 107 Å². The summed E-state index contributed by atoms with van der Waals surface area (Å²) in [7, 11) is 0. The Morgan fingerprint density at radius 3 is 2.88 bits per heavy atom. The third-order valence-corrected chi connectivity index (χ3v) is 2.65. The van der Waals surface area contributed by atoms with Crippen molar-refractivity contribution < 1.29 is 9.84 Å². The first-order chi connectivity index (χ1) is 8.22. The zero-order chi connectivity index (χ0) is 12.7. The lowest BCUT2D eigenvalue weighted by atomic mass is 10.2. The lowest BCUT2D eigenvalue weighted by Crippen LogP contribution is -2.02. The van der Waals surface area contributed by atoms with Crippen molar-refractivity contribution in [3.8, 4) is 5.75 Å². The molecule has 0 radical (unpaired) electrons. The lowest BCUT2D eigenvalue weighted by Gasteiger charge is -2.11. The van der Waals surface area contributed by atoms with Crippen molar-refractivity contribution in [2.24, 2.45) is 0 Å². The maximum Gasteiger partial charge on any atom is 0.172 e. The van der Waals surface area contributed by atoms with Crippen LogP contribution in [0.2, 0.25) is 5.15 Å². The van der Waals surface area contributed by atoms with Gasteiger partial charge in [0.2, 0.25) is 0 Å². The van der Waals surface area contributed by atoms with Crippen LogP contribution in [0.15, 0.2) is 12.6 Å². The van der Waals surface area contributed by atoms with Crippen molar-refractivity contribution >= 4 is 17.7 Å². The average Bonchev–Trinajstić information content (AvgIpc) is 2.35.